The Morgan fingerprint density at radius 3 is 1.30 bits per heavy atom. The molecule has 0 aliphatic carbocycles. The Bertz CT molecular complexity index is 55.7. The number of hydrogen-bond acceptors (Lipinski definition) is 3. The van der Waals surface area contributed by atoms with Gasteiger partial charge in [0.05, 0.1) is 0 Å². The van der Waals surface area contributed by atoms with Crippen LogP contribution in [0, 0.1) is 0 Å². The van der Waals surface area contributed by atoms with E-state index in [-0.39, 0.29) is 0 Å². The van der Waals surface area contributed by atoms with Crippen molar-refractivity contribution < 1.29 is 27.2 Å². The van der Waals surface area contributed by atoms with Crippen LogP contribution in [-0.4, -0.2) is 19.8 Å². The van der Waals surface area contributed by atoms with E-state index in [1.807, 2.05) is 20.8 Å². The molecule has 0 saturated heterocycles. The molecule has 0 fully saturated rings. The predicted molar refractivity (Wildman–Crippen MR) is 34.9 cm³/mol. The van der Waals surface area contributed by atoms with Gasteiger partial charge in [-0.15, -0.1) is 0 Å². The molecule has 0 amide bonds. The Hall–Kier alpha value is 0.464. The van der Waals surface area contributed by atoms with Crippen LogP contribution in [0.2, 0.25) is 0 Å². The molecule has 0 N–H and O–H groups in total. The summed E-state index contributed by atoms with van der Waals surface area (Å²) in [7, 11) is 0. The number of rotatable bonds is 6. The molecule has 60 valence electrons. The van der Waals surface area contributed by atoms with Crippen molar-refractivity contribution in [3.8, 4) is 0 Å². The first-order valence-corrected chi connectivity index (χ1v) is 5.25. The molecule has 0 atom stereocenters. The summed E-state index contributed by atoms with van der Waals surface area (Å²) in [5.74, 6) is 0. The second-order valence-corrected chi connectivity index (χ2v) is 3.38. The molecule has 0 aliphatic heterocycles. The summed E-state index contributed by atoms with van der Waals surface area (Å²) in [6, 6.07) is 0. The quantitative estimate of drug-likeness (QED) is 0.628. The zero-order valence-electron chi connectivity index (χ0n) is 6.79. The van der Waals surface area contributed by atoms with Crippen LogP contribution in [0.5, 0.6) is 0 Å². The van der Waals surface area contributed by atoms with E-state index < -0.39 is 16.2 Å². The zero-order valence-corrected chi connectivity index (χ0v) is 8.19. The summed E-state index contributed by atoms with van der Waals surface area (Å²) < 4.78 is 15.7. The SMILES string of the molecule is CC[O][V+2]([O]CC)[O]CC. The van der Waals surface area contributed by atoms with Crippen LogP contribution in [0.1, 0.15) is 20.8 Å². The molecule has 3 nitrogen and oxygen atoms in total. The molecule has 0 saturated carbocycles. The van der Waals surface area contributed by atoms with Crippen LogP contribution in [0.4, 0.5) is 0 Å². The Morgan fingerprint density at radius 2 is 1.10 bits per heavy atom. The van der Waals surface area contributed by atoms with Crippen LogP contribution < -0.4 is 0 Å². The van der Waals surface area contributed by atoms with E-state index in [2.05, 4.69) is 0 Å². The van der Waals surface area contributed by atoms with Gasteiger partial charge in [-0.2, -0.15) is 0 Å². The van der Waals surface area contributed by atoms with Crippen molar-refractivity contribution in [3.05, 3.63) is 0 Å². The van der Waals surface area contributed by atoms with Crippen molar-refractivity contribution in [2.75, 3.05) is 19.8 Å². The van der Waals surface area contributed by atoms with Crippen molar-refractivity contribution in [2.45, 2.75) is 20.8 Å². The molecule has 0 rings (SSSR count). The van der Waals surface area contributed by atoms with Crippen LogP contribution >= 0.6 is 0 Å². The fourth-order valence-corrected chi connectivity index (χ4v) is 1.76. The van der Waals surface area contributed by atoms with Gasteiger partial charge in [0.25, 0.3) is 0 Å². The molecule has 10 heavy (non-hydrogen) atoms. The van der Waals surface area contributed by atoms with Gasteiger partial charge in [-0.3, -0.25) is 0 Å². The molecular weight excluding hydrogens is 171 g/mol. The van der Waals surface area contributed by atoms with E-state index >= 15 is 0 Å². The van der Waals surface area contributed by atoms with Crippen molar-refractivity contribution in [2.24, 2.45) is 0 Å². The monoisotopic (exact) mass is 186 g/mol. The van der Waals surface area contributed by atoms with Gasteiger partial charge in [-0.1, -0.05) is 0 Å². The molecule has 0 aromatic carbocycles. The van der Waals surface area contributed by atoms with Crippen molar-refractivity contribution in [1.82, 2.24) is 0 Å². The first-order valence-electron chi connectivity index (χ1n) is 3.54. The van der Waals surface area contributed by atoms with Gasteiger partial charge in [-0.05, 0) is 0 Å². The molecule has 0 unspecified atom stereocenters. The van der Waals surface area contributed by atoms with Crippen LogP contribution in [0.15, 0.2) is 0 Å². The third-order valence-electron chi connectivity index (χ3n) is 0.704. The molecule has 0 spiro atoms. The van der Waals surface area contributed by atoms with E-state index in [1.54, 1.807) is 0 Å². The third-order valence-corrected chi connectivity index (χ3v) is 2.90. The Balaban J connectivity index is 3.30. The Kier molecular flexibility index (Phi) is 7.92. The van der Waals surface area contributed by atoms with Gasteiger partial charge in [0.1, 0.15) is 0 Å². The fraction of sp³-hybridized carbons (Fsp3) is 1.00. The summed E-state index contributed by atoms with van der Waals surface area (Å²) in [6.07, 6.45) is 0. The molecule has 0 heterocycles. The van der Waals surface area contributed by atoms with Gasteiger partial charge < -0.3 is 0 Å². The zero-order chi connectivity index (χ0) is 7.82. The standard InChI is InChI=1S/3C2H5O.V/c3*1-2-3;/h3*2H2,1H3;/q3*-1;+5. The average Bonchev–Trinajstić information content (AvgIpc) is 1.90. The second kappa shape index (κ2) is 7.57. The van der Waals surface area contributed by atoms with Gasteiger partial charge in [0.15, 0.2) is 0 Å². The normalized spacial score (nSPS) is 9.90. The molecule has 4 heteroatoms. The summed E-state index contributed by atoms with van der Waals surface area (Å²) in [6.45, 7) is 7.87. The van der Waals surface area contributed by atoms with Crippen LogP contribution in [0.25, 0.3) is 0 Å². The second-order valence-electron chi connectivity index (χ2n) is 1.48. The maximum absolute atomic E-state index is 5.22. The first kappa shape index (κ1) is 10.5. The Labute approximate surface area is 68.3 Å². The van der Waals surface area contributed by atoms with Gasteiger partial charge >= 0.3 is 67.8 Å². The van der Waals surface area contributed by atoms with Gasteiger partial charge in [0.2, 0.25) is 0 Å². The predicted octanol–water partition coefficient (Wildman–Crippen LogP) is 1.46. The summed E-state index contributed by atoms with van der Waals surface area (Å²) in [5.41, 5.74) is 0. The van der Waals surface area contributed by atoms with E-state index in [1.165, 1.54) is 0 Å². The average molecular weight is 186 g/mol. The third kappa shape index (κ3) is 5.27. The minimum absolute atomic E-state index is 0.681. The van der Waals surface area contributed by atoms with Gasteiger partial charge in [0, 0.05) is 0 Å². The molecule has 0 aliphatic rings. The topological polar surface area (TPSA) is 27.7 Å². The van der Waals surface area contributed by atoms with E-state index in [9.17, 15) is 0 Å². The molecule has 0 aromatic heterocycles. The van der Waals surface area contributed by atoms with Crippen molar-refractivity contribution >= 4 is 0 Å². The first-order chi connectivity index (χ1) is 4.85. The van der Waals surface area contributed by atoms with E-state index in [0.717, 1.165) is 0 Å². The minimum atomic E-state index is -1.80. The number of hydrogen-bond donors (Lipinski definition) is 0. The van der Waals surface area contributed by atoms with E-state index in [0.29, 0.717) is 19.8 Å². The molecule has 0 bridgehead atoms. The summed E-state index contributed by atoms with van der Waals surface area (Å²) in [4.78, 5) is 0. The molecule has 0 aromatic rings. The van der Waals surface area contributed by atoms with Crippen LogP contribution in [-0.2, 0) is 27.2 Å². The fourth-order valence-electron chi connectivity index (χ4n) is 0.428. The Morgan fingerprint density at radius 1 is 0.800 bits per heavy atom. The molecule has 0 radical (unpaired) electrons. The van der Waals surface area contributed by atoms with E-state index in [4.69, 9.17) is 11.0 Å². The van der Waals surface area contributed by atoms with Crippen LogP contribution in [0.3, 0.4) is 0 Å². The van der Waals surface area contributed by atoms with Crippen molar-refractivity contribution in [3.63, 3.8) is 0 Å². The van der Waals surface area contributed by atoms with Gasteiger partial charge in [-0.25, -0.2) is 0 Å². The van der Waals surface area contributed by atoms with Crippen molar-refractivity contribution in [1.29, 1.82) is 0 Å². The summed E-state index contributed by atoms with van der Waals surface area (Å²) in [5, 5.41) is 0. The summed E-state index contributed by atoms with van der Waals surface area (Å²) >= 11 is -1.80. The molecular formula is C6H15O3V+2. The maximum atomic E-state index is 5.22.